The zero-order valence-electron chi connectivity index (χ0n) is 25.7. The van der Waals surface area contributed by atoms with Crippen LogP contribution in [0.4, 0.5) is 19.0 Å². The van der Waals surface area contributed by atoms with Crippen LogP contribution in [0.5, 0.6) is 0 Å². The smallest absolute Gasteiger partial charge is 0.253 e. The molecule has 3 heterocycles. The van der Waals surface area contributed by atoms with Gasteiger partial charge >= 0.3 is 0 Å². The number of halogens is 3. The molecule has 1 aliphatic heterocycles. The number of carbonyl (C=O) groups excluding carboxylic acids is 2. The van der Waals surface area contributed by atoms with Crippen molar-refractivity contribution >= 4 is 28.6 Å². The topological polar surface area (TPSA) is 101 Å². The molecule has 3 N–H and O–H groups in total. The number of likely N-dealkylation sites (tertiary alicyclic amines) is 1. The number of hydrogen-bond acceptors (Lipinski definition) is 5. The van der Waals surface area contributed by atoms with Gasteiger partial charge in [-0.25, -0.2) is 18.2 Å². The van der Waals surface area contributed by atoms with E-state index < -0.39 is 5.92 Å². The molecule has 2 fully saturated rings. The maximum Gasteiger partial charge on any atom is 0.253 e. The predicted molar refractivity (Wildman–Crippen MR) is 175 cm³/mol. The number of nitrogens with one attached hydrogen (secondary N) is 1. The van der Waals surface area contributed by atoms with Crippen LogP contribution in [0.3, 0.4) is 0 Å². The fraction of sp³-hybridized carbons (Fsp3) is 0.270. The molecule has 7 nitrogen and oxygen atoms in total. The van der Waals surface area contributed by atoms with Gasteiger partial charge in [0, 0.05) is 67.5 Å². The molecule has 2 aliphatic rings. The molecule has 242 valence electrons. The highest BCUT2D eigenvalue weighted by molar-refractivity contribution is 5.98. The van der Waals surface area contributed by atoms with Gasteiger partial charge < -0.3 is 20.4 Å². The standard InChI is InChI=1S/C32H29F3N2O3.C5H6N2/c33-26-9-7-21(8-10-26)28-19-24(17-25-18-27(40-29(25)28)11-14-36-30(38)22-3-4-22)20-1-5-23(6-2-20)31(39)37-15-12-32(34,35)13-16-37;6-5-3-1-2-4-7-5/h1-2,5-10,17-19,22H,3-4,11-16H2,(H,36,38);1-4H,(H2,6,7). The molecule has 2 aromatic heterocycles. The number of nitrogens with zero attached hydrogens (tertiary/aromatic N) is 2. The lowest BCUT2D eigenvalue weighted by atomic mass is 9.96. The first kappa shape index (κ1) is 31.8. The van der Waals surface area contributed by atoms with E-state index in [1.807, 2.05) is 42.5 Å². The summed E-state index contributed by atoms with van der Waals surface area (Å²) in [7, 11) is 0. The highest BCUT2D eigenvalue weighted by atomic mass is 19.3. The van der Waals surface area contributed by atoms with Gasteiger partial charge in [-0.15, -0.1) is 0 Å². The van der Waals surface area contributed by atoms with Crippen LogP contribution in [0.1, 0.15) is 41.8 Å². The molecule has 10 heteroatoms. The van der Waals surface area contributed by atoms with E-state index in [0.29, 0.717) is 29.9 Å². The lowest BCUT2D eigenvalue weighted by Crippen LogP contribution is -2.42. The van der Waals surface area contributed by atoms with E-state index in [1.165, 1.54) is 17.0 Å². The van der Waals surface area contributed by atoms with Gasteiger partial charge in [0.2, 0.25) is 5.91 Å². The SMILES string of the molecule is Nc1ccccn1.O=C(NCCc1cc2cc(-c3ccc(C(=O)N4CCC(F)(F)CC4)cc3)cc(-c3ccc(F)cc3)c2o1)C1CC1. The molecule has 0 radical (unpaired) electrons. The van der Waals surface area contributed by atoms with Crippen LogP contribution in [-0.2, 0) is 11.2 Å². The minimum Gasteiger partial charge on any atom is -0.460 e. The van der Waals surface area contributed by atoms with Crippen LogP contribution in [0.15, 0.2) is 95.5 Å². The van der Waals surface area contributed by atoms with Crippen molar-refractivity contribution in [3.63, 3.8) is 0 Å². The zero-order chi connectivity index (χ0) is 33.0. The van der Waals surface area contributed by atoms with Crippen molar-refractivity contribution in [1.82, 2.24) is 15.2 Å². The van der Waals surface area contributed by atoms with Gasteiger partial charge in [-0.1, -0.05) is 30.3 Å². The molecule has 1 aliphatic carbocycles. The van der Waals surface area contributed by atoms with Crippen molar-refractivity contribution in [2.24, 2.45) is 5.92 Å². The van der Waals surface area contributed by atoms with Gasteiger partial charge in [0.15, 0.2) is 0 Å². The highest BCUT2D eigenvalue weighted by Gasteiger charge is 2.35. The van der Waals surface area contributed by atoms with Gasteiger partial charge in [-0.2, -0.15) is 0 Å². The summed E-state index contributed by atoms with van der Waals surface area (Å²) in [5, 5.41) is 3.83. The van der Waals surface area contributed by atoms with Gasteiger partial charge in [0.05, 0.1) is 0 Å². The van der Waals surface area contributed by atoms with Crippen LogP contribution < -0.4 is 11.1 Å². The number of benzene rings is 3. The molecule has 47 heavy (non-hydrogen) atoms. The normalized spacial score (nSPS) is 15.5. The Morgan fingerprint density at radius 3 is 2.23 bits per heavy atom. The van der Waals surface area contributed by atoms with Crippen molar-refractivity contribution in [1.29, 1.82) is 0 Å². The molecule has 0 atom stereocenters. The van der Waals surface area contributed by atoms with Crippen LogP contribution in [0.25, 0.3) is 33.2 Å². The summed E-state index contributed by atoms with van der Waals surface area (Å²) >= 11 is 0. The number of aromatic nitrogens is 1. The van der Waals surface area contributed by atoms with E-state index in [1.54, 1.807) is 36.5 Å². The van der Waals surface area contributed by atoms with Crippen molar-refractivity contribution in [2.45, 2.75) is 38.0 Å². The maximum atomic E-state index is 13.7. The Kier molecular flexibility index (Phi) is 9.29. The number of nitrogens with two attached hydrogens (primary N) is 1. The number of alkyl halides is 2. The Bertz CT molecular complexity index is 1840. The molecule has 3 aromatic carbocycles. The lowest BCUT2D eigenvalue weighted by Gasteiger charge is -2.31. The van der Waals surface area contributed by atoms with E-state index in [9.17, 15) is 22.8 Å². The van der Waals surface area contributed by atoms with E-state index in [4.69, 9.17) is 10.2 Å². The Hall–Kier alpha value is -5.12. The summed E-state index contributed by atoms with van der Waals surface area (Å²) < 4.78 is 46.9. The number of nitrogen functional groups attached to an aromatic ring is 1. The molecule has 7 rings (SSSR count). The number of carbonyl (C=O) groups is 2. The second kappa shape index (κ2) is 13.7. The van der Waals surface area contributed by atoms with Crippen LogP contribution in [0, 0.1) is 11.7 Å². The van der Waals surface area contributed by atoms with Crippen molar-refractivity contribution < 1.29 is 27.2 Å². The third-order valence-corrected chi connectivity index (χ3v) is 8.38. The predicted octanol–water partition coefficient (Wildman–Crippen LogP) is 7.51. The quantitative estimate of drug-likeness (QED) is 0.192. The first-order valence-electron chi connectivity index (χ1n) is 15.7. The molecule has 0 bridgehead atoms. The van der Waals surface area contributed by atoms with Crippen molar-refractivity contribution in [2.75, 3.05) is 25.4 Å². The maximum absolute atomic E-state index is 13.7. The monoisotopic (exact) mass is 640 g/mol. The average Bonchev–Trinajstić information content (AvgIpc) is 3.85. The average molecular weight is 641 g/mol. The van der Waals surface area contributed by atoms with Crippen molar-refractivity contribution in [3.05, 3.63) is 108 Å². The van der Waals surface area contributed by atoms with Gasteiger partial charge in [0.25, 0.3) is 11.8 Å². The second-order valence-electron chi connectivity index (χ2n) is 12.0. The molecular weight excluding hydrogens is 605 g/mol. The molecule has 2 amide bonds. The number of piperidine rings is 1. The zero-order valence-corrected chi connectivity index (χ0v) is 25.7. The van der Waals surface area contributed by atoms with Crippen LogP contribution in [-0.4, -0.2) is 47.3 Å². The summed E-state index contributed by atoms with van der Waals surface area (Å²) in [6.07, 6.45) is 3.48. The molecule has 1 saturated carbocycles. The summed E-state index contributed by atoms with van der Waals surface area (Å²) in [5.74, 6) is -1.75. The number of rotatable bonds is 7. The minimum atomic E-state index is -2.71. The number of fused-ring (bicyclic) bond motifs is 1. The van der Waals surface area contributed by atoms with E-state index in [-0.39, 0.29) is 49.5 Å². The Balaban J connectivity index is 0.000000491. The van der Waals surface area contributed by atoms with Crippen LogP contribution in [0.2, 0.25) is 0 Å². The van der Waals surface area contributed by atoms with Gasteiger partial charge in [-0.05, 0) is 84.1 Å². The fourth-order valence-corrected chi connectivity index (χ4v) is 5.54. The molecular formula is C37H35F3N4O3. The third kappa shape index (κ3) is 8.00. The molecule has 1 saturated heterocycles. The largest absolute Gasteiger partial charge is 0.460 e. The first-order valence-corrected chi connectivity index (χ1v) is 15.7. The summed E-state index contributed by atoms with van der Waals surface area (Å²) in [5.41, 5.74) is 9.72. The van der Waals surface area contributed by atoms with E-state index in [2.05, 4.69) is 10.3 Å². The van der Waals surface area contributed by atoms with E-state index >= 15 is 0 Å². The second-order valence-corrected chi connectivity index (χ2v) is 12.0. The Labute approximate surface area is 270 Å². The molecule has 5 aromatic rings. The summed E-state index contributed by atoms with van der Waals surface area (Å²) in [4.78, 5) is 30.1. The van der Waals surface area contributed by atoms with Crippen LogP contribution >= 0.6 is 0 Å². The van der Waals surface area contributed by atoms with E-state index in [0.717, 1.165) is 46.2 Å². The molecule has 0 spiro atoms. The minimum absolute atomic E-state index is 0.0400. The number of amides is 2. The Morgan fingerprint density at radius 1 is 0.915 bits per heavy atom. The van der Waals surface area contributed by atoms with Crippen molar-refractivity contribution in [3.8, 4) is 22.3 Å². The lowest BCUT2D eigenvalue weighted by molar-refractivity contribution is -0.122. The van der Waals surface area contributed by atoms with Gasteiger partial charge in [-0.3, -0.25) is 9.59 Å². The summed E-state index contributed by atoms with van der Waals surface area (Å²) in [6.45, 7) is 0.564. The Morgan fingerprint density at radius 2 is 1.62 bits per heavy atom. The number of furan rings is 1. The fourth-order valence-electron chi connectivity index (χ4n) is 5.54. The first-order chi connectivity index (χ1) is 22.6. The summed E-state index contributed by atoms with van der Waals surface area (Å²) in [6, 6.07) is 24.7. The van der Waals surface area contributed by atoms with Gasteiger partial charge in [0.1, 0.15) is 23.0 Å². The number of anilines is 1. The third-order valence-electron chi connectivity index (χ3n) is 8.38. The number of hydrogen-bond donors (Lipinski definition) is 2. The molecule has 0 unspecified atom stereocenters. The highest BCUT2D eigenvalue weighted by Crippen LogP contribution is 2.37. The number of pyridine rings is 1.